The van der Waals surface area contributed by atoms with E-state index in [1.54, 1.807) is 36.1 Å². The predicted molar refractivity (Wildman–Crippen MR) is 76.6 cm³/mol. The molecule has 6 heteroatoms. The maximum absolute atomic E-state index is 12.0. The lowest BCUT2D eigenvalue weighted by Crippen LogP contribution is -2.12. The second-order valence-electron chi connectivity index (χ2n) is 4.01. The highest BCUT2D eigenvalue weighted by Gasteiger charge is 2.10. The summed E-state index contributed by atoms with van der Waals surface area (Å²) in [6.45, 7) is -0.261. The van der Waals surface area contributed by atoms with Gasteiger partial charge in [0.2, 0.25) is 0 Å². The maximum Gasteiger partial charge on any atom is 0.258 e. The number of aliphatic hydroxyl groups is 1. The van der Waals surface area contributed by atoms with E-state index >= 15 is 0 Å². The van der Waals surface area contributed by atoms with Gasteiger partial charge >= 0.3 is 0 Å². The minimum Gasteiger partial charge on any atom is -0.384 e. The fraction of sp³-hybridized carbons (Fsp3) is 0.143. The van der Waals surface area contributed by atoms with E-state index in [0.717, 1.165) is 0 Å². The number of nitrogens with zero attached hydrogens (tertiary/aromatic N) is 2. The maximum atomic E-state index is 12.0. The Hall–Kier alpha value is -2.29. The van der Waals surface area contributed by atoms with Crippen LogP contribution in [-0.2, 0) is 7.05 Å². The minimum atomic E-state index is -0.285. The Morgan fingerprint density at radius 2 is 2.35 bits per heavy atom. The summed E-state index contributed by atoms with van der Waals surface area (Å²) >= 11 is 5.90. The van der Waals surface area contributed by atoms with E-state index in [1.165, 1.54) is 6.20 Å². The molecule has 1 heterocycles. The van der Waals surface area contributed by atoms with E-state index in [4.69, 9.17) is 16.7 Å². The average molecular weight is 290 g/mol. The average Bonchev–Trinajstić information content (AvgIpc) is 2.85. The first-order chi connectivity index (χ1) is 9.60. The van der Waals surface area contributed by atoms with Gasteiger partial charge in [0.15, 0.2) is 0 Å². The molecule has 2 rings (SSSR count). The van der Waals surface area contributed by atoms with Crippen molar-refractivity contribution in [1.29, 1.82) is 0 Å². The van der Waals surface area contributed by atoms with Crippen molar-refractivity contribution in [3.8, 4) is 11.8 Å². The van der Waals surface area contributed by atoms with Gasteiger partial charge in [-0.25, -0.2) is 0 Å². The number of carbonyl (C=O) groups is 1. The Balaban J connectivity index is 2.26. The van der Waals surface area contributed by atoms with Crippen LogP contribution in [0.5, 0.6) is 0 Å². The molecule has 20 heavy (non-hydrogen) atoms. The molecule has 0 radical (unpaired) electrons. The first-order valence-electron chi connectivity index (χ1n) is 5.79. The molecule has 1 aromatic carbocycles. The zero-order valence-electron chi connectivity index (χ0n) is 10.7. The minimum absolute atomic E-state index is 0.261. The van der Waals surface area contributed by atoms with Gasteiger partial charge in [-0.2, -0.15) is 5.10 Å². The second kappa shape index (κ2) is 6.24. The third-order valence-corrected chi connectivity index (χ3v) is 2.73. The van der Waals surface area contributed by atoms with Crippen LogP contribution in [0.4, 0.5) is 5.69 Å². The topological polar surface area (TPSA) is 67.2 Å². The van der Waals surface area contributed by atoms with Gasteiger partial charge in [-0.05, 0) is 18.2 Å². The zero-order chi connectivity index (χ0) is 14.5. The number of aromatic nitrogens is 2. The molecule has 0 saturated heterocycles. The number of nitrogens with one attached hydrogen (secondary N) is 1. The number of hydrogen-bond donors (Lipinski definition) is 2. The van der Waals surface area contributed by atoms with Crippen LogP contribution < -0.4 is 5.32 Å². The van der Waals surface area contributed by atoms with Crippen molar-refractivity contribution < 1.29 is 9.90 Å². The number of aryl methyl sites for hydroxylation is 1. The monoisotopic (exact) mass is 289 g/mol. The third-order valence-electron chi connectivity index (χ3n) is 2.50. The smallest absolute Gasteiger partial charge is 0.258 e. The SMILES string of the molecule is Cn1cc(C(=O)Nc2ccc(Cl)cc2C#CCO)cn1. The van der Waals surface area contributed by atoms with Crippen molar-refractivity contribution in [2.24, 2.45) is 7.05 Å². The molecule has 102 valence electrons. The summed E-state index contributed by atoms with van der Waals surface area (Å²) < 4.78 is 1.54. The highest BCUT2D eigenvalue weighted by Crippen LogP contribution is 2.20. The predicted octanol–water partition coefficient (Wildman–Crippen LogP) is 1.67. The number of benzene rings is 1. The standard InChI is InChI=1S/C14H12ClN3O2/c1-18-9-11(8-16-18)14(20)17-13-5-4-12(15)7-10(13)3-2-6-19/h4-5,7-9,19H,6H2,1H3,(H,17,20). The van der Waals surface area contributed by atoms with E-state index in [0.29, 0.717) is 21.8 Å². The van der Waals surface area contributed by atoms with Crippen LogP contribution in [0, 0.1) is 11.8 Å². The van der Waals surface area contributed by atoms with Crippen molar-refractivity contribution in [3.05, 3.63) is 46.7 Å². The van der Waals surface area contributed by atoms with Gasteiger partial charge in [0.25, 0.3) is 5.91 Å². The summed E-state index contributed by atoms with van der Waals surface area (Å²) in [5, 5.41) is 15.9. The van der Waals surface area contributed by atoms with Crippen molar-refractivity contribution in [3.63, 3.8) is 0 Å². The van der Waals surface area contributed by atoms with E-state index in [-0.39, 0.29) is 12.5 Å². The van der Waals surface area contributed by atoms with Crippen LogP contribution >= 0.6 is 11.6 Å². The van der Waals surface area contributed by atoms with Gasteiger partial charge in [0.05, 0.1) is 17.4 Å². The summed E-state index contributed by atoms with van der Waals surface area (Å²) in [7, 11) is 1.73. The van der Waals surface area contributed by atoms with Gasteiger partial charge in [-0.3, -0.25) is 9.48 Å². The first-order valence-corrected chi connectivity index (χ1v) is 6.17. The van der Waals surface area contributed by atoms with Crippen molar-refractivity contribution in [2.45, 2.75) is 0 Å². The van der Waals surface area contributed by atoms with Crippen LogP contribution in [0.25, 0.3) is 0 Å². The van der Waals surface area contributed by atoms with Crippen LogP contribution in [0.1, 0.15) is 15.9 Å². The van der Waals surface area contributed by atoms with Crippen molar-refractivity contribution in [2.75, 3.05) is 11.9 Å². The molecule has 0 bridgehead atoms. The molecule has 1 aromatic heterocycles. The Kier molecular flexibility index (Phi) is 4.41. The number of aliphatic hydroxyl groups excluding tert-OH is 1. The summed E-state index contributed by atoms with van der Waals surface area (Å²) in [4.78, 5) is 12.0. The number of anilines is 1. The number of hydrogen-bond acceptors (Lipinski definition) is 3. The highest BCUT2D eigenvalue weighted by molar-refractivity contribution is 6.30. The van der Waals surface area contributed by atoms with Gasteiger partial charge < -0.3 is 10.4 Å². The molecule has 2 aromatic rings. The molecule has 0 aliphatic heterocycles. The van der Waals surface area contributed by atoms with E-state index in [1.807, 2.05) is 0 Å². The van der Waals surface area contributed by atoms with Gasteiger partial charge in [0, 0.05) is 23.8 Å². The Labute approximate surface area is 121 Å². The molecule has 0 unspecified atom stereocenters. The summed E-state index contributed by atoms with van der Waals surface area (Å²) in [6, 6.07) is 4.95. The highest BCUT2D eigenvalue weighted by atomic mass is 35.5. The summed E-state index contributed by atoms with van der Waals surface area (Å²) in [5.41, 5.74) is 1.52. The Bertz CT molecular complexity index is 698. The summed E-state index contributed by atoms with van der Waals surface area (Å²) in [6.07, 6.45) is 3.09. The van der Waals surface area contributed by atoms with Crippen LogP contribution in [-0.4, -0.2) is 27.4 Å². The van der Waals surface area contributed by atoms with Gasteiger partial charge in [-0.15, -0.1) is 0 Å². The van der Waals surface area contributed by atoms with Crippen LogP contribution in [0.2, 0.25) is 5.02 Å². The molecular weight excluding hydrogens is 278 g/mol. The summed E-state index contributed by atoms with van der Waals surface area (Å²) in [5.74, 6) is 4.99. The van der Waals surface area contributed by atoms with E-state index in [9.17, 15) is 4.79 Å². The lowest BCUT2D eigenvalue weighted by molar-refractivity contribution is 0.102. The Morgan fingerprint density at radius 1 is 1.55 bits per heavy atom. The molecule has 0 aliphatic rings. The molecule has 2 N–H and O–H groups in total. The molecular formula is C14H12ClN3O2. The van der Waals surface area contributed by atoms with E-state index in [2.05, 4.69) is 22.3 Å². The zero-order valence-corrected chi connectivity index (χ0v) is 11.5. The molecule has 5 nitrogen and oxygen atoms in total. The lowest BCUT2D eigenvalue weighted by atomic mass is 10.1. The fourth-order valence-corrected chi connectivity index (χ4v) is 1.77. The normalized spacial score (nSPS) is 9.75. The molecule has 0 atom stereocenters. The molecule has 0 saturated carbocycles. The van der Waals surface area contributed by atoms with Crippen molar-refractivity contribution in [1.82, 2.24) is 9.78 Å². The number of carbonyl (C=O) groups excluding carboxylic acids is 1. The first kappa shape index (κ1) is 14.1. The fourth-order valence-electron chi connectivity index (χ4n) is 1.60. The molecule has 1 amide bonds. The molecule has 0 spiro atoms. The third kappa shape index (κ3) is 3.38. The molecule has 0 aliphatic carbocycles. The van der Waals surface area contributed by atoms with E-state index < -0.39 is 0 Å². The van der Waals surface area contributed by atoms with Gasteiger partial charge in [-0.1, -0.05) is 23.4 Å². The quantitative estimate of drug-likeness (QED) is 0.827. The number of halogens is 1. The van der Waals surface area contributed by atoms with Crippen LogP contribution in [0.15, 0.2) is 30.6 Å². The van der Waals surface area contributed by atoms with Gasteiger partial charge in [0.1, 0.15) is 6.61 Å². The molecule has 0 fully saturated rings. The lowest BCUT2D eigenvalue weighted by Gasteiger charge is -2.06. The number of rotatable bonds is 2. The largest absolute Gasteiger partial charge is 0.384 e. The Morgan fingerprint density at radius 3 is 3.00 bits per heavy atom. The second-order valence-corrected chi connectivity index (χ2v) is 4.44. The van der Waals surface area contributed by atoms with Crippen LogP contribution in [0.3, 0.4) is 0 Å². The number of amides is 1. The van der Waals surface area contributed by atoms with Crippen molar-refractivity contribution >= 4 is 23.2 Å².